The van der Waals surface area contributed by atoms with Crippen LogP contribution in [0.1, 0.15) is 22.8 Å². The van der Waals surface area contributed by atoms with Crippen molar-refractivity contribution in [1.82, 2.24) is 0 Å². The van der Waals surface area contributed by atoms with Crippen molar-refractivity contribution in [2.75, 3.05) is 0 Å². The van der Waals surface area contributed by atoms with E-state index in [1.54, 1.807) is 6.08 Å². The molecule has 1 nitrogen and oxygen atoms in total. The van der Waals surface area contributed by atoms with E-state index in [9.17, 15) is 5.11 Å². The van der Waals surface area contributed by atoms with E-state index in [0.29, 0.717) is 0 Å². The van der Waals surface area contributed by atoms with Crippen molar-refractivity contribution in [1.29, 1.82) is 0 Å². The highest BCUT2D eigenvalue weighted by Crippen LogP contribution is 2.15. The zero-order valence-corrected chi connectivity index (χ0v) is 9.88. The quantitative estimate of drug-likeness (QED) is 0.842. The molecular formula is C16H16O. The lowest BCUT2D eigenvalue weighted by Crippen LogP contribution is -1.91. The SMILES string of the molecule is Cc1ccc(/C=C/[C@H](O)c2ccccc2)cc1. The molecule has 1 heteroatoms. The fourth-order valence-corrected chi connectivity index (χ4v) is 1.64. The Labute approximate surface area is 102 Å². The summed E-state index contributed by atoms with van der Waals surface area (Å²) in [5.74, 6) is 0. The van der Waals surface area contributed by atoms with Crippen molar-refractivity contribution in [3.05, 3.63) is 77.4 Å². The van der Waals surface area contributed by atoms with Gasteiger partial charge >= 0.3 is 0 Å². The third-order valence-corrected chi connectivity index (χ3v) is 2.69. The van der Waals surface area contributed by atoms with Crippen LogP contribution in [0, 0.1) is 6.92 Å². The first-order chi connectivity index (χ1) is 8.25. The van der Waals surface area contributed by atoms with Gasteiger partial charge in [0.2, 0.25) is 0 Å². The van der Waals surface area contributed by atoms with Gasteiger partial charge in [0.05, 0.1) is 6.10 Å². The van der Waals surface area contributed by atoms with Crippen LogP contribution < -0.4 is 0 Å². The van der Waals surface area contributed by atoms with Crippen molar-refractivity contribution in [3.8, 4) is 0 Å². The van der Waals surface area contributed by atoms with Gasteiger partial charge in [-0.15, -0.1) is 0 Å². The molecule has 0 aliphatic carbocycles. The molecule has 0 aliphatic heterocycles. The third-order valence-electron chi connectivity index (χ3n) is 2.69. The lowest BCUT2D eigenvalue weighted by Gasteiger charge is -2.05. The van der Waals surface area contributed by atoms with Crippen molar-refractivity contribution in [2.24, 2.45) is 0 Å². The number of hydrogen-bond donors (Lipinski definition) is 1. The second kappa shape index (κ2) is 5.46. The molecule has 0 unspecified atom stereocenters. The van der Waals surface area contributed by atoms with E-state index in [-0.39, 0.29) is 0 Å². The molecule has 0 aliphatic rings. The first-order valence-corrected chi connectivity index (χ1v) is 5.73. The second-order valence-corrected chi connectivity index (χ2v) is 4.13. The Kier molecular flexibility index (Phi) is 3.73. The molecule has 0 radical (unpaired) electrons. The highest BCUT2D eigenvalue weighted by Gasteiger charge is 2.00. The summed E-state index contributed by atoms with van der Waals surface area (Å²) in [6, 6.07) is 17.9. The van der Waals surface area contributed by atoms with Crippen LogP contribution >= 0.6 is 0 Å². The average Bonchev–Trinajstić information content (AvgIpc) is 2.39. The second-order valence-electron chi connectivity index (χ2n) is 4.13. The fourth-order valence-electron chi connectivity index (χ4n) is 1.64. The van der Waals surface area contributed by atoms with Gasteiger partial charge in [-0.3, -0.25) is 0 Å². The Morgan fingerprint density at radius 3 is 2.24 bits per heavy atom. The summed E-state index contributed by atoms with van der Waals surface area (Å²) in [5, 5.41) is 9.95. The summed E-state index contributed by atoms with van der Waals surface area (Å²) in [7, 11) is 0. The predicted molar refractivity (Wildman–Crippen MR) is 71.6 cm³/mol. The normalized spacial score (nSPS) is 12.8. The first-order valence-electron chi connectivity index (χ1n) is 5.73. The maximum absolute atomic E-state index is 9.95. The summed E-state index contributed by atoms with van der Waals surface area (Å²) in [4.78, 5) is 0. The number of aliphatic hydroxyl groups excluding tert-OH is 1. The lowest BCUT2D eigenvalue weighted by atomic mass is 10.1. The summed E-state index contributed by atoms with van der Waals surface area (Å²) >= 11 is 0. The molecule has 86 valence electrons. The molecule has 0 heterocycles. The Hall–Kier alpha value is -1.86. The number of rotatable bonds is 3. The molecule has 1 atom stereocenters. The maximum Gasteiger partial charge on any atom is 0.0975 e. The van der Waals surface area contributed by atoms with Crippen molar-refractivity contribution in [2.45, 2.75) is 13.0 Å². The van der Waals surface area contributed by atoms with Crippen molar-refractivity contribution in [3.63, 3.8) is 0 Å². The summed E-state index contributed by atoms with van der Waals surface area (Å²) in [6.07, 6.45) is 3.20. The molecule has 17 heavy (non-hydrogen) atoms. The minimum Gasteiger partial charge on any atom is -0.384 e. The van der Waals surface area contributed by atoms with Crippen LogP contribution in [0.4, 0.5) is 0 Å². The summed E-state index contributed by atoms with van der Waals surface area (Å²) < 4.78 is 0. The van der Waals surface area contributed by atoms with E-state index in [4.69, 9.17) is 0 Å². The van der Waals surface area contributed by atoms with Crippen molar-refractivity contribution >= 4 is 6.08 Å². The topological polar surface area (TPSA) is 20.2 Å². The molecule has 0 bridgehead atoms. The Balaban J connectivity index is 2.08. The zero-order chi connectivity index (χ0) is 12.1. The Morgan fingerprint density at radius 1 is 0.941 bits per heavy atom. The molecule has 0 saturated heterocycles. The molecule has 2 aromatic carbocycles. The highest BCUT2D eigenvalue weighted by atomic mass is 16.3. The van der Waals surface area contributed by atoms with Crippen LogP contribution in [0.2, 0.25) is 0 Å². The van der Waals surface area contributed by atoms with Crippen LogP contribution in [0.15, 0.2) is 60.7 Å². The monoisotopic (exact) mass is 224 g/mol. The molecule has 0 spiro atoms. The van der Waals surface area contributed by atoms with Gasteiger partial charge in [0.1, 0.15) is 0 Å². The molecular weight excluding hydrogens is 208 g/mol. The number of aliphatic hydroxyl groups is 1. The van der Waals surface area contributed by atoms with Gasteiger partial charge in [-0.25, -0.2) is 0 Å². The Bertz CT molecular complexity index is 483. The maximum atomic E-state index is 9.95. The van der Waals surface area contributed by atoms with Crippen LogP contribution in [-0.2, 0) is 0 Å². The highest BCUT2D eigenvalue weighted by molar-refractivity contribution is 5.50. The predicted octanol–water partition coefficient (Wildman–Crippen LogP) is 3.74. The van der Waals surface area contributed by atoms with Gasteiger partial charge in [0.15, 0.2) is 0 Å². The third kappa shape index (κ3) is 3.30. The minimum atomic E-state index is -0.544. The van der Waals surface area contributed by atoms with Gasteiger partial charge in [-0.1, -0.05) is 72.3 Å². The number of benzene rings is 2. The lowest BCUT2D eigenvalue weighted by molar-refractivity contribution is 0.229. The molecule has 0 saturated carbocycles. The molecule has 2 rings (SSSR count). The van der Waals surface area contributed by atoms with E-state index in [0.717, 1.165) is 11.1 Å². The number of hydrogen-bond acceptors (Lipinski definition) is 1. The van der Waals surface area contributed by atoms with Crippen LogP contribution in [0.5, 0.6) is 0 Å². The molecule has 0 aromatic heterocycles. The van der Waals surface area contributed by atoms with Crippen molar-refractivity contribution < 1.29 is 5.11 Å². The Morgan fingerprint density at radius 2 is 1.59 bits per heavy atom. The standard InChI is InChI=1S/C16H16O/c1-13-7-9-14(10-8-13)11-12-16(17)15-5-3-2-4-6-15/h2-12,16-17H,1H3/b12-11+/t16-/m0/s1. The first kappa shape index (κ1) is 11.6. The van der Waals surface area contributed by atoms with Gasteiger partial charge < -0.3 is 5.11 Å². The molecule has 1 N–H and O–H groups in total. The average molecular weight is 224 g/mol. The molecule has 0 fully saturated rings. The fraction of sp³-hybridized carbons (Fsp3) is 0.125. The zero-order valence-electron chi connectivity index (χ0n) is 9.88. The smallest absolute Gasteiger partial charge is 0.0975 e. The van der Waals surface area contributed by atoms with Gasteiger partial charge in [0.25, 0.3) is 0 Å². The summed E-state index contributed by atoms with van der Waals surface area (Å²) in [5.41, 5.74) is 3.26. The van der Waals surface area contributed by atoms with E-state index in [1.807, 2.05) is 48.5 Å². The molecule has 0 amide bonds. The minimum absolute atomic E-state index is 0.544. The van der Waals surface area contributed by atoms with E-state index >= 15 is 0 Å². The summed E-state index contributed by atoms with van der Waals surface area (Å²) in [6.45, 7) is 2.06. The van der Waals surface area contributed by atoms with Gasteiger partial charge in [-0.05, 0) is 18.1 Å². The largest absolute Gasteiger partial charge is 0.384 e. The van der Waals surface area contributed by atoms with Crippen LogP contribution in [0.3, 0.4) is 0 Å². The van der Waals surface area contributed by atoms with E-state index < -0.39 is 6.10 Å². The van der Waals surface area contributed by atoms with Crippen LogP contribution in [-0.4, -0.2) is 5.11 Å². The van der Waals surface area contributed by atoms with E-state index in [1.165, 1.54) is 5.56 Å². The molecule has 2 aromatic rings. The van der Waals surface area contributed by atoms with Gasteiger partial charge in [-0.2, -0.15) is 0 Å². The van der Waals surface area contributed by atoms with E-state index in [2.05, 4.69) is 19.1 Å². The van der Waals surface area contributed by atoms with Gasteiger partial charge in [0, 0.05) is 0 Å². The van der Waals surface area contributed by atoms with Crippen LogP contribution in [0.25, 0.3) is 6.08 Å². The number of aryl methyl sites for hydroxylation is 1.